The Balaban J connectivity index is 2.23. The van der Waals surface area contributed by atoms with E-state index in [9.17, 15) is 4.79 Å². The Bertz CT molecular complexity index is 462. The zero-order valence-corrected chi connectivity index (χ0v) is 12.5. The minimum atomic E-state index is -0.210. The molecule has 0 saturated carbocycles. The minimum absolute atomic E-state index is 0.142. The van der Waals surface area contributed by atoms with E-state index in [4.69, 9.17) is 4.74 Å². The van der Waals surface area contributed by atoms with Crippen molar-refractivity contribution in [3.05, 3.63) is 18.1 Å². The smallest absolute Gasteiger partial charge is 0.328 e. The molecule has 0 aromatic carbocycles. The third kappa shape index (κ3) is 3.26. The molecule has 20 heavy (non-hydrogen) atoms. The maximum atomic E-state index is 12.1. The highest BCUT2D eigenvalue weighted by Crippen LogP contribution is 2.25. The fraction of sp³-hybridized carbons (Fsp3) is 0.667. The summed E-state index contributed by atoms with van der Waals surface area (Å²) in [5, 5.41) is 0. The molecule has 5 nitrogen and oxygen atoms in total. The Morgan fingerprint density at radius 2 is 2.25 bits per heavy atom. The summed E-state index contributed by atoms with van der Waals surface area (Å²) < 4.78 is 5.19. The number of aromatic nitrogens is 2. The predicted molar refractivity (Wildman–Crippen MR) is 77.7 cm³/mol. The Kier molecular flexibility index (Phi) is 4.93. The van der Waals surface area contributed by atoms with E-state index in [2.05, 4.69) is 28.7 Å². The highest BCUT2D eigenvalue weighted by Gasteiger charge is 2.30. The minimum Gasteiger partial charge on any atom is -0.464 e. The van der Waals surface area contributed by atoms with Gasteiger partial charge in [0.1, 0.15) is 18.2 Å². The number of nitrogens with zero attached hydrogens (tertiary/aromatic N) is 3. The van der Waals surface area contributed by atoms with E-state index < -0.39 is 0 Å². The zero-order chi connectivity index (χ0) is 14.5. The average Bonchev–Trinajstić information content (AvgIpc) is 2.47. The lowest BCUT2D eigenvalue weighted by molar-refractivity contribution is -0.145. The van der Waals surface area contributed by atoms with Crippen LogP contribution in [0.1, 0.15) is 51.6 Å². The van der Waals surface area contributed by atoms with Gasteiger partial charge in [0.05, 0.1) is 6.61 Å². The first-order valence-corrected chi connectivity index (χ1v) is 7.38. The molecule has 1 atom stereocenters. The number of carbonyl (C=O) groups excluding carboxylic acids is 1. The number of esters is 1. The monoisotopic (exact) mass is 277 g/mol. The Hall–Kier alpha value is -1.65. The molecule has 0 aliphatic carbocycles. The van der Waals surface area contributed by atoms with Gasteiger partial charge >= 0.3 is 5.97 Å². The maximum absolute atomic E-state index is 12.1. The molecule has 1 aromatic rings. The molecule has 0 amide bonds. The lowest BCUT2D eigenvalue weighted by Gasteiger charge is -2.35. The standard InChI is InChI=1S/C15H23N3O2/c1-4-20-15(19)13-7-5-6-8-18(13)14-9-12(11(2)3)16-10-17-14/h9-11,13H,4-8H2,1-3H3. The summed E-state index contributed by atoms with van der Waals surface area (Å²) in [4.78, 5) is 22.8. The van der Waals surface area contributed by atoms with Crippen molar-refractivity contribution in [2.75, 3.05) is 18.1 Å². The van der Waals surface area contributed by atoms with Crippen molar-refractivity contribution in [3.63, 3.8) is 0 Å². The van der Waals surface area contributed by atoms with Crippen LogP contribution in [0.15, 0.2) is 12.4 Å². The van der Waals surface area contributed by atoms with E-state index in [1.807, 2.05) is 13.0 Å². The van der Waals surface area contributed by atoms with E-state index in [0.29, 0.717) is 12.5 Å². The van der Waals surface area contributed by atoms with Crippen molar-refractivity contribution >= 4 is 11.8 Å². The Labute approximate surface area is 120 Å². The highest BCUT2D eigenvalue weighted by molar-refractivity contribution is 5.80. The largest absolute Gasteiger partial charge is 0.464 e. The van der Waals surface area contributed by atoms with Gasteiger partial charge in [-0.3, -0.25) is 0 Å². The number of piperidine rings is 1. The van der Waals surface area contributed by atoms with Crippen LogP contribution in [0.4, 0.5) is 5.82 Å². The topological polar surface area (TPSA) is 55.3 Å². The molecule has 0 spiro atoms. The summed E-state index contributed by atoms with van der Waals surface area (Å²) in [5.41, 5.74) is 1.00. The van der Waals surface area contributed by atoms with Crippen LogP contribution in [0.2, 0.25) is 0 Å². The summed E-state index contributed by atoms with van der Waals surface area (Å²) in [7, 11) is 0. The lowest BCUT2D eigenvalue weighted by Crippen LogP contribution is -2.46. The molecule has 1 aliphatic heterocycles. The Morgan fingerprint density at radius 1 is 1.45 bits per heavy atom. The zero-order valence-electron chi connectivity index (χ0n) is 12.5. The molecular formula is C15H23N3O2. The van der Waals surface area contributed by atoms with Gasteiger partial charge in [0.25, 0.3) is 0 Å². The molecule has 110 valence electrons. The lowest BCUT2D eigenvalue weighted by atomic mass is 10.0. The molecule has 2 heterocycles. The third-order valence-corrected chi connectivity index (χ3v) is 3.62. The van der Waals surface area contributed by atoms with Gasteiger partial charge in [0.2, 0.25) is 0 Å². The molecule has 0 bridgehead atoms. The summed E-state index contributed by atoms with van der Waals surface area (Å²) in [6, 6.07) is 1.78. The number of hydrogen-bond acceptors (Lipinski definition) is 5. The quantitative estimate of drug-likeness (QED) is 0.792. The second-order valence-electron chi connectivity index (χ2n) is 5.41. The predicted octanol–water partition coefficient (Wildman–Crippen LogP) is 2.52. The summed E-state index contributed by atoms with van der Waals surface area (Å²) in [6.07, 6.45) is 4.56. The number of ether oxygens (including phenoxy) is 1. The molecule has 1 aliphatic rings. The van der Waals surface area contributed by atoms with Gasteiger partial charge in [0, 0.05) is 18.3 Å². The summed E-state index contributed by atoms with van der Waals surface area (Å²) in [5.74, 6) is 1.04. The van der Waals surface area contributed by atoms with Crippen LogP contribution in [0, 0.1) is 0 Å². The number of rotatable bonds is 4. The molecule has 1 fully saturated rings. The van der Waals surface area contributed by atoms with Crippen molar-refractivity contribution in [3.8, 4) is 0 Å². The van der Waals surface area contributed by atoms with Gasteiger partial charge in [-0.15, -0.1) is 0 Å². The van der Waals surface area contributed by atoms with Crippen LogP contribution in [0.3, 0.4) is 0 Å². The van der Waals surface area contributed by atoms with Gasteiger partial charge < -0.3 is 9.64 Å². The molecule has 2 rings (SSSR count). The Morgan fingerprint density at radius 3 is 2.95 bits per heavy atom. The SMILES string of the molecule is CCOC(=O)C1CCCCN1c1cc(C(C)C)ncn1. The molecule has 5 heteroatoms. The first-order valence-electron chi connectivity index (χ1n) is 7.38. The number of anilines is 1. The normalized spacial score (nSPS) is 19.2. The summed E-state index contributed by atoms with van der Waals surface area (Å²) in [6.45, 7) is 7.31. The van der Waals surface area contributed by atoms with E-state index in [0.717, 1.165) is 37.3 Å². The number of hydrogen-bond donors (Lipinski definition) is 0. The van der Waals surface area contributed by atoms with Gasteiger partial charge in [-0.2, -0.15) is 0 Å². The fourth-order valence-electron chi connectivity index (χ4n) is 2.52. The molecule has 1 saturated heterocycles. The summed E-state index contributed by atoms with van der Waals surface area (Å²) >= 11 is 0. The first kappa shape index (κ1) is 14.8. The molecule has 0 radical (unpaired) electrons. The fourth-order valence-corrected chi connectivity index (χ4v) is 2.52. The molecule has 1 unspecified atom stereocenters. The van der Waals surface area contributed by atoms with Crippen LogP contribution < -0.4 is 4.90 Å². The molecule has 1 aromatic heterocycles. The number of carbonyl (C=O) groups is 1. The van der Waals surface area contributed by atoms with E-state index in [1.54, 1.807) is 6.33 Å². The van der Waals surface area contributed by atoms with Crippen LogP contribution in [0.25, 0.3) is 0 Å². The van der Waals surface area contributed by atoms with Gasteiger partial charge in [0.15, 0.2) is 0 Å². The highest BCUT2D eigenvalue weighted by atomic mass is 16.5. The van der Waals surface area contributed by atoms with Crippen molar-refractivity contribution in [1.82, 2.24) is 9.97 Å². The van der Waals surface area contributed by atoms with Crippen molar-refractivity contribution in [2.45, 2.75) is 52.0 Å². The van der Waals surface area contributed by atoms with Crippen molar-refractivity contribution in [2.24, 2.45) is 0 Å². The van der Waals surface area contributed by atoms with Crippen molar-refractivity contribution < 1.29 is 9.53 Å². The van der Waals surface area contributed by atoms with Crippen LogP contribution in [-0.4, -0.2) is 35.1 Å². The second kappa shape index (κ2) is 6.68. The second-order valence-corrected chi connectivity index (χ2v) is 5.41. The molecular weight excluding hydrogens is 254 g/mol. The van der Waals surface area contributed by atoms with E-state index in [1.165, 1.54) is 0 Å². The average molecular weight is 277 g/mol. The van der Waals surface area contributed by atoms with Crippen molar-refractivity contribution in [1.29, 1.82) is 0 Å². The van der Waals surface area contributed by atoms with Crippen LogP contribution in [0.5, 0.6) is 0 Å². The van der Waals surface area contributed by atoms with E-state index >= 15 is 0 Å². The first-order chi connectivity index (χ1) is 9.63. The third-order valence-electron chi connectivity index (χ3n) is 3.62. The van der Waals surface area contributed by atoms with E-state index in [-0.39, 0.29) is 12.0 Å². The maximum Gasteiger partial charge on any atom is 0.328 e. The van der Waals surface area contributed by atoms with Crippen LogP contribution in [-0.2, 0) is 9.53 Å². The van der Waals surface area contributed by atoms with Gasteiger partial charge in [-0.05, 0) is 32.1 Å². The van der Waals surface area contributed by atoms with Crippen LogP contribution >= 0.6 is 0 Å². The van der Waals surface area contributed by atoms with Gasteiger partial charge in [-0.1, -0.05) is 13.8 Å². The van der Waals surface area contributed by atoms with Gasteiger partial charge in [-0.25, -0.2) is 14.8 Å². The molecule has 0 N–H and O–H groups in total.